The lowest BCUT2D eigenvalue weighted by atomic mass is 9.88. The SMILES string of the molecule is CO[C@@H]1CN[C@@H](C(=O)N2CC[C@@H]3OCCC[C@@H]3C2)C1. The van der Waals surface area contributed by atoms with Gasteiger partial charge in [-0.25, -0.2) is 0 Å². The number of rotatable bonds is 2. The van der Waals surface area contributed by atoms with Gasteiger partial charge in [0.1, 0.15) is 0 Å². The monoisotopic (exact) mass is 268 g/mol. The Morgan fingerprint density at radius 2 is 2.32 bits per heavy atom. The molecule has 108 valence electrons. The molecular formula is C14H24N2O3. The van der Waals surface area contributed by atoms with Crippen LogP contribution in [0.4, 0.5) is 0 Å². The summed E-state index contributed by atoms with van der Waals surface area (Å²) in [5.41, 5.74) is 0. The number of likely N-dealkylation sites (tertiary alicyclic amines) is 1. The Morgan fingerprint density at radius 1 is 1.42 bits per heavy atom. The number of hydrogen-bond acceptors (Lipinski definition) is 4. The van der Waals surface area contributed by atoms with Crippen LogP contribution in [-0.2, 0) is 14.3 Å². The van der Waals surface area contributed by atoms with Gasteiger partial charge in [0.05, 0.1) is 18.2 Å². The van der Waals surface area contributed by atoms with E-state index >= 15 is 0 Å². The molecule has 3 fully saturated rings. The predicted molar refractivity (Wildman–Crippen MR) is 70.9 cm³/mol. The first-order chi connectivity index (χ1) is 9.28. The zero-order chi connectivity index (χ0) is 13.2. The summed E-state index contributed by atoms with van der Waals surface area (Å²) in [6.45, 7) is 3.40. The zero-order valence-electron chi connectivity index (χ0n) is 11.6. The quantitative estimate of drug-likeness (QED) is 0.787. The van der Waals surface area contributed by atoms with Crippen LogP contribution in [0.3, 0.4) is 0 Å². The molecule has 4 atom stereocenters. The van der Waals surface area contributed by atoms with Crippen molar-refractivity contribution in [2.75, 3.05) is 33.4 Å². The van der Waals surface area contributed by atoms with Gasteiger partial charge >= 0.3 is 0 Å². The van der Waals surface area contributed by atoms with Gasteiger partial charge in [-0.1, -0.05) is 0 Å². The molecule has 5 nitrogen and oxygen atoms in total. The minimum absolute atomic E-state index is 0.0500. The highest BCUT2D eigenvalue weighted by Crippen LogP contribution is 2.29. The second kappa shape index (κ2) is 5.77. The molecule has 19 heavy (non-hydrogen) atoms. The van der Waals surface area contributed by atoms with E-state index in [-0.39, 0.29) is 18.1 Å². The molecule has 1 N–H and O–H groups in total. The normalized spacial score (nSPS) is 39.1. The average Bonchev–Trinajstić information content (AvgIpc) is 2.95. The lowest BCUT2D eigenvalue weighted by Gasteiger charge is -2.41. The lowest BCUT2D eigenvalue weighted by Crippen LogP contribution is -2.52. The first-order valence-electron chi connectivity index (χ1n) is 7.44. The summed E-state index contributed by atoms with van der Waals surface area (Å²) in [4.78, 5) is 14.5. The number of nitrogens with zero attached hydrogens (tertiary/aromatic N) is 1. The van der Waals surface area contributed by atoms with Gasteiger partial charge in [-0.05, 0) is 25.7 Å². The molecule has 0 aromatic heterocycles. The van der Waals surface area contributed by atoms with Crippen molar-refractivity contribution in [1.82, 2.24) is 10.2 Å². The summed E-state index contributed by atoms with van der Waals surface area (Å²) < 4.78 is 11.1. The van der Waals surface area contributed by atoms with Crippen molar-refractivity contribution < 1.29 is 14.3 Å². The van der Waals surface area contributed by atoms with Crippen LogP contribution in [0, 0.1) is 5.92 Å². The molecule has 3 rings (SSSR count). The third-order valence-electron chi connectivity index (χ3n) is 4.75. The maximum absolute atomic E-state index is 12.5. The number of ether oxygens (including phenoxy) is 2. The Morgan fingerprint density at radius 3 is 3.11 bits per heavy atom. The molecule has 0 radical (unpaired) electrons. The minimum Gasteiger partial charge on any atom is -0.380 e. The smallest absolute Gasteiger partial charge is 0.239 e. The summed E-state index contributed by atoms with van der Waals surface area (Å²) in [5.74, 6) is 0.801. The van der Waals surface area contributed by atoms with E-state index in [0.29, 0.717) is 12.0 Å². The standard InChI is InChI=1S/C14H24N2O3/c1-18-11-7-12(15-8-11)14(17)16-5-4-13-10(9-16)3-2-6-19-13/h10-13,15H,2-9H2,1H3/t10-,11+,12-,13+/m1/s1. The largest absolute Gasteiger partial charge is 0.380 e. The highest BCUT2D eigenvalue weighted by atomic mass is 16.5. The molecule has 0 spiro atoms. The van der Waals surface area contributed by atoms with E-state index in [1.54, 1.807) is 7.11 Å². The van der Waals surface area contributed by atoms with Crippen LogP contribution in [0.2, 0.25) is 0 Å². The molecule has 0 aromatic carbocycles. The molecule has 0 saturated carbocycles. The second-order valence-corrected chi connectivity index (χ2v) is 5.94. The van der Waals surface area contributed by atoms with Crippen LogP contribution in [0.5, 0.6) is 0 Å². The molecule has 3 aliphatic heterocycles. The van der Waals surface area contributed by atoms with Crippen molar-refractivity contribution in [2.45, 2.75) is 43.9 Å². The van der Waals surface area contributed by atoms with E-state index in [1.165, 1.54) is 6.42 Å². The Balaban J connectivity index is 1.56. The number of fused-ring (bicyclic) bond motifs is 1. The van der Waals surface area contributed by atoms with Crippen LogP contribution in [0.15, 0.2) is 0 Å². The van der Waals surface area contributed by atoms with E-state index in [4.69, 9.17) is 9.47 Å². The highest BCUT2D eigenvalue weighted by Gasteiger charge is 2.38. The Hall–Kier alpha value is -0.650. The van der Waals surface area contributed by atoms with E-state index in [1.807, 2.05) is 4.90 Å². The maximum Gasteiger partial charge on any atom is 0.239 e. The molecule has 0 aromatic rings. The number of hydrogen-bond donors (Lipinski definition) is 1. The molecule has 0 aliphatic carbocycles. The van der Waals surface area contributed by atoms with Crippen LogP contribution in [0.1, 0.15) is 25.7 Å². The van der Waals surface area contributed by atoms with Crippen molar-refractivity contribution in [3.8, 4) is 0 Å². The van der Waals surface area contributed by atoms with Gasteiger partial charge in [-0.3, -0.25) is 4.79 Å². The summed E-state index contributed by atoms with van der Waals surface area (Å²) >= 11 is 0. The van der Waals surface area contributed by atoms with Crippen LogP contribution in [-0.4, -0.2) is 62.4 Å². The number of amides is 1. The minimum atomic E-state index is -0.0500. The number of carbonyl (C=O) groups is 1. The number of piperidine rings is 1. The van der Waals surface area contributed by atoms with Crippen LogP contribution < -0.4 is 5.32 Å². The molecule has 3 heterocycles. The third-order valence-corrected chi connectivity index (χ3v) is 4.75. The molecule has 0 bridgehead atoms. The van der Waals surface area contributed by atoms with E-state index in [2.05, 4.69) is 5.32 Å². The van der Waals surface area contributed by atoms with Gasteiger partial charge in [0.25, 0.3) is 0 Å². The van der Waals surface area contributed by atoms with Gasteiger partial charge < -0.3 is 19.7 Å². The number of carbonyl (C=O) groups excluding carboxylic acids is 1. The molecule has 3 aliphatic rings. The van der Waals surface area contributed by atoms with Gasteiger partial charge in [0.15, 0.2) is 0 Å². The molecule has 1 amide bonds. The molecule has 3 saturated heterocycles. The second-order valence-electron chi connectivity index (χ2n) is 5.94. The van der Waals surface area contributed by atoms with Crippen molar-refractivity contribution in [3.05, 3.63) is 0 Å². The van der Waals surface area contributed by atoms with Crippen molar-refractivity contribution in [1.29, 1.82) is 0 Å². The van der Waals surface area contributed by atoms with E-state index in [0.717, 1.165) is 45.5 Å². The van der Waals surface area contributed by atoms with Crippen molar-refractivity contribution >= 4 is 5.91 Å². The first kappa shape index (κ1) is 13.3. The van der Waals surface area contributed by atoms with Gasteiger partial charge in [-0.2, -0.15) is 0 Å². The summed E-state index contributed by atoms with van der Waals surface area (Å²) in [6, 6.07) is -0.0500. The zero-order valence-corrected chi connectivity index (χ0v) is 11.6. The fourth-order valence-electron chi connectivity index (χ4n) is 3.58. The van der Waals surface area contributed by atoms with Crippen LogP contribution in [0.25, 0.3) is 0 Å². The summed E-state index contributed by atoms with van der Waals surface area (Å²) in [6.07, 6.45) is 4.71. The van der Waals surface area contributed by atoms with E-state index in [9.17, 15) is 4.79 Å². The van der Waals surface area contributed by atoms with Crippen molar-refractivity contribution in [2.24, 2.45) is 5.92 Å². The Labute approximate surface area is 114 Å². The number of nitrogens with one attached hydrogen (secondary N) is 1. The fraction of sp³-hybridized carbons (Fsp3) is 0.929. The van der Waals surface area contributed by atoms with Crippen LogP contribution >= 0.6 is 0 Å². The van der Waals surface area contributed by atoms with Gasteiger partial charge in [0, 0.05) is 39.3 Å². The Bertz CT molecular complexity index is 337. The van der Waals surface area contributed by atoms with Gasteiger partial charge in [-0.15, -0.1) is 0 Å². The molecule has 5 heteroatoms. The topological polar surface area (TPSA) is 50.8 Å². The molecular weight excluding hydrogens is 244 g/mol. The summed E-state index contributed by atoms with van der Waals surface area (Å²) in [5, 5.41) is 3.28. The third kappa shape index (κ3) is 2.78. The summed E-state index contributed by atoms with van der Waals surface area (Å²) in [7, 11) is 1.71. The predicted octanol–water partition coefficient (Wildman–Crippen LogP) is 0.391. The van der Waals surface area contributed by atoms with Gasteiger partial charge in [0.2, 0.25) is 5.91 Å². The highest BCUT2D eigenvalue weighted by molar-refractivity contribution is 5.82. The fourth-order valence-corrected chi connectivity index (χ4v) is 3.58. The lowest BCUT2D eigenvalue weighted by molar-refractivity contribution is -0.140. The maximum atomic E-state index is 12.5. The van der Waals surface area contributed by atoms with E-state index < -0.39 is 0 Å². The Kier molecular flexibility index (Phi) is 4.05. The average molecular weight is 268 g/mol. The first-order valence-corrected chi connectivity index (χ1v) is 7.44. The molecule has 0 unspecified atom stereocenters. The number of methoxy groups -OCH3 is 1. The van der Waals surface area contributed by atoms with Crippen molar-refractivity contribution in [3.63, 3.8) is 0 Å².